The maximum atomic E-state index is 10.6. The van der Waals surface area contributed by atoms with Gasteiger partial charge in [-0.15, -0.1) is 0 Å². The second-order valence-electron chi connectivity index (χ2n) is 3.52. The van der Waals surface area contributed by atoms with Crippen molar-refractivity contribution in [1.82, 2.24) is 0 Å². The zero-order valence-corrected chi connectivity index (χ0v) is 8.45. The first-order valence-corrected chi connectivity index (χ1v) is 4.56. The van der Waals surface area contributed by atoms with Crippen LogP contribution in [0.3, 0.4) is 0 Å². The molecule has 0 bridgehead atoms. The van der Waals surface area contributed by atoms with Crippen molar-refractivity contribution in [2.75, 3.05) is 0 Å². The first-order valence-electron chi connectivity index (χ1n) is 4.56. The van der Waals surface area contributed by atoms with Crippen LogP contribution in [0.5, 0.6) is 0 Å². The molecule has 0 spiro atoms. The van der Waals surface area contributed by atoms with Gasteiger partial charge in [-0.25, -0.2) is 0 Å². The van der Waals surface area contributed by atoms with E-state index in [0.29, 0.717) is 6.42 Å². The number of nitrogens with two attached hydrogens (primary N) is 1. The summed E-state index contributed by atoms with van der Waals surface area (Å²) in [6, 6.07) is 5.09. The van der Waals surface area contributed by atoms with Crippen LogP contribution in [0.2, 0.25) is 0 Å². The minimum absolute atomic E-state index is 0.397. The molecule has 14 heavy (non-hydrogen) atoms. The molecule has 0 aromatic heterocycles. The molecule has 0 amide bonds. The van der Waals surface area contributed by atoms with E-state index >= 15 is 0 Å². The average molecular weight is 193 g/mol. The van der Waals surface area contributed by atoms with E-state index in [1.165, 1.54) is 0 Å². The summed E-state index contributed by atoms with van der Waals surface area (Å²) in [6.07, 6.45) is 0.397. The molecule has 0 aliphatic rings. The van der Waals surface area contributed by atoms with Crippen LogP contribution >= 0.6 is 0 Å². The summed E-state index contributed by atoms with van der Waals surface area (Å²) in [5, 5.41) is 8.70. The Morgan fingerprint density at radius 2 is 1.93 bits per heavy atom. The molecule has 3 N–H and O–H groups in total. The fourth-order valence-corrected chi connectivity index (χ4v) is 1.48. The quantitative estimate of drug-likeness (QED) is 0.759. The fourth-order valence-electron chi connectivity index (χ4n) is 1.48. The van der Waals surface area contributed by atoms with Crippen molar-refractivity contribution in [3.63, 3.8) is 0 Å². The largest absolute Gasteiger partial charge is 0.480 e. The van der Waals surface area contributed by atoms with Crippen LogP contribution in [-0.2, 0) is 11.2 Å². The SMILES string of the molecule is Cc1cccc(C)c1C[C@@H](N)C(=O)O. The number of hydrogen-bond acceptors (Lipinski definition) is 2. The van der Waals surface area contributed by atoms with Gasteiger partial charge in [0, 0.05) is 0 Å². The van der Waals surface area contributed by atoms with Crippen molar-refractivity contribution in [2.45, 2.75) is 26.3 Å². The maximum Gasteiger partial charge on any atom is 0.320 e. The molecule has 0 aliphatic carbocycles. The molecule has 0 fully saturated rings. The fraction of sp³-hybridized carbons (Fsp3) is 0.364. The van der Waals surface area contributed by atoms with Gasteiger partial charge < -0.3 is 10.8 Å². The third-order valence-electron chi connectivity index (χ3n) is 2.39. The molecule has 0 saturated heterocycles. The number of aryl methyl sites for hydroxylation is 2. The van der Waals surface area contributed by atoms with Crippen LogP contribution in [0, 0.1) is 13.8 Å². The monoisotopic (exact) mass is 193 g/mol. The van der Waals surface area contributed by atoms with Crippen LogP contribution in [0.15, 0.2) is 18.2 Å². The number of aliphatic carboxylic acids is 1. The van der Waals surface area contributed by atoms with Gasteiger partial charge >= 0.3 is 5.97 Å². The van der Waals surface area contributed by atoms with Crippen molar-refractivity contribution in [2.24, 2.45) is 5.73 Å². The van der Waals surface area contributed by atoms with Gasteiger partial charge in [-0.1, -0.05) is 18.2 Å². The van der Waals surface area contributed by atoms with E-state index in [0.717, 1.165) is 16.7 Å². The lowest BCUT2D eigenvalue weighted by molar-refractivity contribution is -0.138. The molecule has 3 heteroatoms. The normalized spacial score (nSPS) is 12.5. The minimum atomic E-state index is -0.951. The van der Waals surface area contributed by atoms with E-state index in [1.54, 1.807) is 0 Å². The molecule has 0 heterocycles. The Balaban J connectivity index is 2.91. The van der Waals surface area contributed by atoms with E-state index in [9.17, 15) is 4.79 Å². The van der Waals surface area contributed by atoms with Crippen molar-refractivity contribution in [3.05, 3.63) is 34.9 Å². The lowest BCUT2D eigenvalue weighted by Crippen LogP contribution is -2.32. The summed E-state index contributed by atoms with van der Waals surface area (Å²) in [6.45, 7) is 3.94. The summed E-state index contributed by atoms with van der Waals surface area (Å²) < 4.78 is 0. The topological polar surface area (TPSA) is 63.3 Å². The third kappa shape index (κ3) is 2.33. The van der Waals surface area contributed by atoms with E-state index < -0.39 is 12.0 Å². The Morgan fingerprint density at radius 3 is 2.36 bits per heavy atom. The molecule has 0 radical (unpaired) electrons. The van der Waals surface area contributed by atoms with Gasteiger partial charge in [-0.2, -0.15) is 0 Å². The van der Waals surface area contributed by atoms with Crippen molar-refractivity contribution in [1.29, 1.82) is 0 Å². The molecule has 3 nitrogen and oxygen atoms in total. The highest BCUT2D eigenvalue weighted by Gasteiger charge is 2.14. The number of carboxylic acids is 1. The van der Waals surface area contributed by atoms with Crippen molar-refractivity contribution in [3.8, 4) is 0 Å². The summed E-state index contributed by atoms with van der Waals surface area (Å²) in [5.41, 5.74) is 8.73. The molecule has 1 rings (SSSR count). The zero-order valence-electron chi connectivity index (χ0n) is 8.45. The van der Waals surface area contributed by atoms with E-state index in [2.05, 4.69) is 0 Å². The van der Waals surface area contributed by atoms with Gasteiger partial charge in [0.1, 0.15) is 6.04 Å². The summed E-state index contributed by atoms with van der Waals surface area (Å²) in [4.78, 5) is 10.6. The molecule has 1 atom stereocenters. The van der Waals surface area contributed by atoms with Gasteiger partial charge in [0.25, 0.3) is 0 Å². The van der Waals surface area contributed by atoms with E-state index in [-0.39, 0.29) is 0 Å². The molecule has 76 valence electrons. The molecule has 1 aromatic rings. The molecular weight excluding hydrogens is 178 g/mol. The predicted molar refractivity (Wildman–Crippen MR) is 55.2 cm³/mol. The number of benzene rings is 1. The second kappa shape index (κ2) is 4.24. The number of rotatable bonds is 3. The smallest absolute Gasteiger partial charge is 0.320 e. The van der Waals surface area contributed by atoms with E-state index in [4.69, 9.17) is 10.8 Å². The first kappa shape index (κ1) is 10.7. The second-order valence-corrected chi connectivity index (χ2v) is 3.52. The Hall–Kier alpha value is -1.35. The highest BCUT2D eigenvalue weighted by atomic mass is 16.4. The molecule has 0 saturated carbocycles. The Labute approximate surface area is 83.6 Å². The molecule has 1 aromatic carbocycles. The summed E-state index contributed by atoms with van der Waals surface area (Å²) >= 11 is 0. The third-order valence-corrected chi connectivity index (χ3v) is 2.39. The van der Waals surface area contributed by atoms with Gasteiger partial charge in [-0.3, -0.25) is 4.79 Å². The molecular formula is C11H15NO2. The standard InChI is InChI=1S/C11H15NO2/c1-7-4-3-5-8(2)9(7)6-10(12)11(13)14/h3-5,10H,6,12H2,1-2H3,(H,13,14)/t10-/m1/s1. The molecule has 0 unspecified atom stereocenters. The Kier molecular flexibility index (Phi) is 3.25. The first-order chi connectivity index (χ1) is 6.52. The zero-order chi connectivity index (χ0) is 10.7. The minimum Gasteiger partial charge on any atom is -0.480 e. The number of hydrogen-bond donors (Lipinski definition) is 2. The number of carboxylic acid groups (broad SMARTS) is 1. The van der Waals surface area contributed by atoms with Crippen LogP contribution in [0.1, 0.15) is 16.7 Å². The predicted octanol–water partition coefficient (Wildman–Crippen LogP) is 1.26. The highest BCUT2D eigenvalue weighted by Crippen LogP contribution is 2.14. The highest BCUT2D eigenvalue weighted by molar-refractivity contribution is 5.73. The van der Waals surface area contributed by atoms with Crippen molar-refractivity contribution >= 4 is 5.97 Å². The van der Waals surface area contributed by atoms with Crippen LogP contribution in [0.4, 0.5) is 0 Å². The van der Waals surface area contributed by atoms with Gasteiger partial charge in [0.15, 0.2) is 0 Å². The average Bonchev–Trinajstić information content (AvgIpc) is 2.11. The van der Waals surface area contributed by atoms with Gasteiger partial charge in [-0.05, 0) is 37.0 Å². The Bertz CT molecular complexity index is 327. The van der Waals surface area contributed by atoms with Crippen LogP contribution < -0.4 is 5.73 Å². The Morgan fingerprint density at radius 1 is 1.43 bits per heavy atom. The van der Waals surface area contributed by atoms with Gasteiger partial charge in [0.2, 0.25) is 0 Å². The number of carbonyl (C=O) groups is 1. The lowest BCUT2D eigenvalue weighted by atomic mass is 9.97. The maximum absolute atomic E-state index is 10.6. The lowest BCUT2D eigenvalue weighted by Gasteiger charge is -2.11. The van der Waals surface area contributed by atoms with Crippen LogP contribution in [0.25, 0.3) is 0 Å². The molecule has 0 aliphatic heterocycles. The summed E-state index contributed by atoms with van der Waals surface area (Å²) in [7, 11) is 0. The van der Waals surface area contributed by atoms with Gasteiger partial charge in [0.05, 0.1) is 0 Å². The van der Waals surface area contributed by atoms with Crippen LogP contribution in [-0.4, -0.2) is 17.1 Å². The van der Waals surface area contributed by atoms with Crippen molar-refractivity contribution < 1.29 is 9.90 Å². The summed E-state index contributed by atoms with van der Waals surface area (Å²) in [5.74, 6) is -0.951. The van der Waals surface area contributed by atoms with E-state index in [1.807, 2.05) is 32.0 Å².